The SMILES string of the molecule is CCC1CCc2nc(CC3CCCCC3)[nH]c2C1. The van der Waals surface area contributed by atoms with Crippen molar-refractivity contribution in [1.82, 2.24) is 9.97 Å². The van der Waals surface area contributed by atoms with Crippen molar-refractivity contribution in [3.8, 4) is 0 Å². The molecule has 100 valence electrons. The van der Waals surface area contributed by atoms with Gasteiger partial charge in [0.15, 0.2) is 0 Å². The number of nitrogens with one attached hydrogen (secondary N) is 1. The molecule has 2 aliphatic rings. The molecular weight excluding hydrogens is 220 g/mol. The molecular formula is C16H26N2. The number of hydrogen-bond donors (Lipinski definition) is 1. The number of aromatic nitrogens is 2. The van der Waals surface area contributed by atoms with Crippen LogP contribution in [0.2, 0.25) is 0 Å². The normalized spacial score (nSPS) is 25.1. The Hall–Kier alpha value is -0.790. The van der Waals surface area contributed by atoms with Crippen molar-refractivity contribution < 1.29 is 0 Å². The summed E-state index contributed by atoms with van der Waals surface area (Å²) in [6.07, 6.45) is 13.5. The molecule has 1 unspecified atom stereocenters. The molecule has 0 spiro atoms. The van der Waals surface area contributed by atoms with Crippen molar-refractivity contribution in [3.05, 3.63) is 17.2 Å². The molecule has 3 rings (SSSR count). The van der Waals surface area contributed by atoms with Crippen molar-refractivity contribution in [2.75, 3.05) is 0 Å². The van der Waals surface area contributed by atoms with Gasteiger partial charge in [-0.3, -0.25) is 0 Å². The molecule has 1 aromatic heterocycles. The molecule has 2 aliphatic carbocycles. The second kappa shape index (κ2) is 5.46. The molecule has 2 nitrogen and oxygen atoms in total. The first-order chi connectivity index (χ1) is 8.85. The van der Waals surface area contributed by atoms with Crippen LogP contribution in [0, 0.1) is 11.8 Å². The van der Waals surface area contributed by atoms with Crippen LogP contribution in [0.25, 0.3) is 0 Å². The first-order valence-electron chi connectivity index (χ1n) is 7.91. The van der Waals surface area contributed by atoms with Gasteiger partial charge in [-0.2, -0.15) is 0 Å². The minimum Gasteiger partial charge on any atom is -0.346 e. The maximum atomic E-state index is 4.86. The molecule has 1 atom stereocenters. The van der Waals surface area contributed by atoms with Gasteiger partial charge < -0.3 is 4.98 Å². The third kappa shape index (κ3) is 2.62. The molecule has 1 saturated carbocycles. The van der Waals surface area contributed by atoms with E-state index in [1.807, 2.05) is 0 Å². The summed E-state index contributed by atoms with van der Waals surface area (Å²) in [5.74, 6) is 3.07. The minimum atomic E-state index is 0.889. The fraction of sp³-hybridized carbons (Fsp3) is 0.812. The highest BCUT2D eigenvalue weighted by Crippen LogP contribution is 2.29. The number of H-pyrrole nitrogens is 1. The van der Waals surface area contributed by atoms with Crippen LogP contribution in [0.5, 0.6) is 0 Å². The number of aromatic amines is 1. The summed E-state index contributed by atoms with van der Waals surface area (Å²) in [6, 6.07) is 0. The average Bonchev–Trinajstić information content (AvgIpc) is 2.80. The number of nitrogens with zero attached hydrogens (tertiary/aromatic N) is 1. The van der Waals surface area contributed by atoms with E-state index < -0.39 is 0 Å². The standard InChI is InChI=1S/C16H26N2/c1-2-12-8-9-14-15(10-12)18-16(17-14)11-13-6-4-3-5-7-13/h12-13H,2-11H2,1H3,(H,17,18). The van der Waals surface area contributed by atoms with Gasteiger partial charge in [0.1, 0.15) is 5.82 Å². The Morgan fingerprint density at radius 2 is 1.94 bits per heavy atom. The van der Waals surface area contributed by atoms with Gasteiger partial charge >= 0.3 is 0 Å². The van der Waals surface area contributed by atoms with Crippen LogP contribution in [-0.2, 0) is 19.3 Å². The molecule has 1 heterocycles. The van der Waals surface area contributed by atoms with E-state index in [0.29, 0.717) is 0 Å². The minimum absolute atomic E-state index is 0.889. The Balaban J connectivity index is 1.65. The van der Waals surface area contributed by atoms with Gasteiger partial charge in [-0.25, -0.2) is 4.98 Å². The van der Waals surface area contributed by atoms with Crippen LogP contribution in [0.1, 0.15) is 69.1 Å². The van der Waals surface area contributed by atoms with E-state index in [1.165, 1.54) is 81.4 Å². The van der Waals surface area contributed by atoms with E-state index in [2.05, 4.69) is 11.9 Å². The Morgan fingerprint density at radius 3 is 2.72 bits per heavy atom. The van der Waals surface area contributed by atoms with Crippen LogP contribution < -0.4 is 0 Å². The molecule has 0 radical (unpaired) electrons. The van der Waals surface area contributed by atoms with Crippen molar-refractivity contribution in [2.24, 2.45) is 11.8 Å². The molecule has 2 heteroatoms. The molecule has 0 bridgehead atoms. The highest BCUT2D eigenvalue weighted by Gasteiger charge is 2.22. The second-order valence-corrected chi connectivity index (χ2v) is 6.33. The lowest BCUT2D eigenvalue weighted by Gasteiger charge is -2.20. The molecule has 1 N–H and O–H groups in total. The molecule has 1 aromatic rings. The topological polar surface area (TPSA) is 28.7 Å². The summed E-state index contributed by atoms with van der Waals surface area (Å²) < 4.78 is 0. The summed E-state index contributed by atoms with van der Waals surface area (Å²) in [7, 11) is 0. The Bertz CT molecular complexity index is 388. The first kappa shape index (κ1) is 12.3. The van der Waals surface area contributed by atoms with E-state index in [-0.39, 0.29) is 0 Å². The molecule has 0 aromatic carbocycles. The zero-order chi connectivity index (χ0) is 12.4. The molecule has 0 amide bonds. The molecule has 0 saturated heterocycles. The summed E-state index contributed by atoms with van der Waals surface area (Å²) in [5.41, 5.74) is 2.84. The van der Waals surface area contributed by atoms with Crippen LogP contribution in [0.3, 0.4) is 0 Å². The van der Waals surface area contributed by atoms with Crippen LogP contribution in [-0.4, -0.2) is 9.97 Å². The molecule has 1 fully saturated rings. The van der Waals surface area contributed by atoms with Crippen LogP contribution >= 0.6 is 0 Å². The third-order valence-corrected chi connectivity index (χ3v) is 4.98. The van der Waals surface area contributed by atoms with Crippen LogP contribution in [0.15, 0.2) is 0 Å². The van der Waals surface area contributed by atoms with Gasteiger partial charge in [0.2, 0.25) is 0 Å². The lowest BCUT2D eigenvalue weighted by Crippen LogP contribution is -2.13. The number of imidazole rings is 1. The largest absolute Gasteiger partial charge is 0.346 e. The van der Waals surface area contributed by atoms with E-state index >= 15 is 0 Å². The Labute approximate surface area is 111 Å². The highest BCUT2D eigenvalue weighted by atomic mass is 14.9. The number of hydrogen-bond acceptors (Lipinski definition) is 1. The quantitative estimate of drug-likeness (QED) is 0.856. The van der Waals surface area contributed by atoms with Crippen LogP contribution in [0.4, 0.5) is 0 Å². The fourth-order valence-electron chi connectivity index (χ4n) is 3.72. The first-order valence-corrected chi connectivity index (χ1v) is 7.91. The maximum absolute atomic E-state index is 4.86. The number of fused-ring (bicyclic) bond motifs is 1. The highest BCUT2D eigenvalue weighted by molar-refractivity contribution is 5.19. The smallest absolute Gasteiger partial charge is 0.106 e. The Morgan fingerprint density at radius 1 is 1.11 bits per heavy atom. The third-order valence-electron chi connectivity index (χ3n) is 4.98. The van der Waals surface area contributed by atoms with Gasteiger partial charge in [-0.05, 0) is 31.1 Å². The summed E-state index contributed by atoms with van der Waals surface area (Å²) >= 11 is 0. The summed E-state index contributed by atoms with van der Waals surface area (Å²) in [5, 5.41) is 0. The van der Waals surface area contributed by atoms with Crippen molar-refractivity contribution in [1.29, 1.82) is 0 Å². The van der Waals surface area contributed by atoms with Gasteiger partial charge in [0.25, 0.3) is 0 Å². The lowest BCUT2D eigenvalue weighted by atomic mass is 9.87. The second-order valence-electron chi connectivity index (χ2n) is 6.33. The molecule has 0 aliphatic heterocycles. The van der Waals surface area contributed by atoms with Gasteiger partial charge in [0, 0.05) is 12.1 Å². The van der Waals surface area contributed by atoms with E-state index in [4.69, 9.17) is 4.98 Å². The van der Waals surface area contributed by atoms with Crippen molar-refractivity contribution in [2.45, 2.75) is 71.1 Å². The summed E-state index contributed by atoms with van der Waals surface area (Å²) in [6.45, 7) is 2.31. The van der Waals surface area contributed by atoms with Gasteiger partial charge in [-0.1, -0.05) is 45.4 Å². The predicted octanol–water partition coefficient (Wildman–Crippen LogP) is 4.05. The predicted molar refractivity (Wildman–Crippen MR) is 74.7 cm³/mol. The number of aryl methyl sites for hydroxylation is 1. The molecule has 18 heavy (non-hydrogen) atoms. The Kier molecular flexibility index (Phi) is 3.72. The van der Waals surface area contributed by atoms with Crippen molar-refractivity contribution >= 4 is 0 Å². The van der Waals surface area contributed by atoms with E-state index in [9.17, 15) is 0 Å². The van der Waals surface area contributed by atoms with Crippen molar-refractivity contribution in [3.63, 3.8) is 0 Å². The zero-order valence-electron chi connectivity index (χ0n) is 11.7. The average molecular weight is 246 g/mol. The van der Waals surface area contributed by atoms with E-state index in [1.54, 1.807) is 0 Å². The summed E-state index contributed by atoms with van der Waals surface area (Å²) in [4.78, 5) is 8.49. The monoisotopic (exact) mass is 246 g/mol. The van der Waals surface area contributed by atoms with Gasteiger partial charge in [-0.15, -0.1) is 0 Å². The fourth-order valence-corrected chi connectivity index (χ4v) is 3.72. The van der Waals surface area contributed by atoms with E-state index in [0.717, 1.165) is 11.8 Å². The lowest BCUT2D eigenvalue weighted by molar-refractivity contribution is 0.352. The zero-order valence-corrected chi connectivity index (χ0v) is 11.7. The number of rotatable bonds is 3. The van der Waals surface area contributed by atoms with Gasteiger partial charge in [0.05, 0.1) is 5.69 Å². The maximum Gasteiger partial charge on any atom is 0.106 e.